The molecule has 9 heteroatoms. The minimum absolute atomic E-state index is 0.00958. The Morgan fingerprint density at radius 2 is 1.91 bits per heavy atom. The Bertz CT molecular complexity index is 776. The fourth-order valence-corrected chi connectivity index (χ4v) is 3.74. The molecular formula is C13H11F2N3O2S2. The molecule has 0 spiro atoms. The Kier molecular flexibility index (Phi) is 5.07. The second-order valence-electron chi connectivity index (χ2n) is 4.18. The monoisotopic (exact) mass is 343 g/mol. The van der Waals surface area contributed by atoms with Crippen LogP contribution in [0.5, 0.6) is 0 Å². The van der Waals surface area contributed by atoms with Crippen molar-refractivity contribution in [3.8, 4) is 6.07 Å². The lowest BCUT2D eigenvalue weighted by molar-refractivity contribution is 0.582. The number of hydrogen-bond donors (Lipinski definition) is 2. The van der Waals surface area contributed by atoms with E-state index >= 15 is 0 Å². The molecular weight excluding hydrogens is 332 g/mol. The Labute approximate surface area is 130 Å². The number of benzene rings is 1. The molecule has 1 heterocycles. The first-order chi connectivity index (χ1) is 10.4. The first-order valence-electron chi connectivity index (χ1n) is 6.10. The lowest BCUT2D eigenvalue weighted by Crippen LogP contribution is -2.28. The van der Waals surface area contributed by atoms with Gasteiger partial charge in [-0.1, -0.05) is 6.07 Å². The molecule has 0 unspecified atom stereocenters. The van der Waals surface area contributed by atoms with Gasteiger partial charge < -0.3 is 5.32 Å². The average molecular weight is 343 g/mol. The average Bonchev–Trinajstić information content (AvgIpc) is 3.00. The van der Waals surface area contributed by atoms with E-state index < -0.39 is 27.3 Å². The van der Waals surface area contributed by atoms with Gasteiger partial charge in [-0.25, -0.2) is 21.9 Å². The highest BCUT2D eigenvalue weighted by molar-refractivity contribution is 7.91. The maximum absolute atomic E-state index is 13.6. The van der Waals surface area contributed by atoms with Crippen LogP contribution in [0.3, 0.4) is 0 Å². The summed E-state index contributed by atoms with van der Waals surface area (Å²) in [4.78, 5) is 0. The number of rotatable bonds is 6. The number of nitrogens with zero attached hydrogens (tertiary/aromatic N) is 1. The first kappa shape index (κ1) is 16.4. The van der Waals surface area contributed by atoms with E-state index in [1.165, 1.54) is 6.07 Å². The minimum atomic E-state index is -3.60. The number of hydrogen-bond acceptors (Lipinski definition) is 5. The third-order valence-corrected chi connectivity index (χ3v) is 5.51. The highest BCUT2D eigenvalue weighted by Crippen LogP contribution is 2.20. The molecule has 0 bridgehead atoms. The molecule has 1 aromatic carbocycles. The Morgan fingerprint density at radius 3 is 2.45 bits per heavy atom. The van der Waals surface area contributed by atoms with Crippen molar-refractivity contribution in [2.75, 3.05) is 18.4 Å². The standard InChI is InChI=1S/C13H11F2N3O2S2/c14-10-6-9(8-16)7-11(15)13(10)17-3-4-18-22(19,20)12-2-1-5-21-12/h1-2,5-7,17-18H,3-4H2. The van der Waals surface area contributed by atoms with E-state index in [9.17, 15) is 17.2 Å². The van der Waals surface area contributed by atoms with Gasteiger partial charge in [-0.2, -0.15) is 5.26 Å². The van der Waals surface area contributed by atoms with Crippen LogP contribution in [0.2, 0.25) is 0 Å². The van der Waals surface area contributed by atoms with E-state index in [0.29, 0.717) is 0 Å². The van der Waals surface area contributed by atoms with E-state index in [1.807, 2.05) is 0 Å². The minimum Gasteiger partial charge on any atom is -0.379 e. The number of sulfonamides is 1. The molecule has 0 atom stereocenters. The van der Waals surface area contributed by atoms with Crippen LogP contribution in [0.15, 0.2) is 33.9 Å². The summed E-state index contributed by atoms with van der Waals surface area (Å²) in [7, 11) is -3.60. The van der Waals surface area contributed by atoms with Crippen LogP contribution in [0, 0.1) is 23.0 Å². The summed E-state index contributed by atoms with van der Waals surface area (Å²) in [5, 5.41) is 12.7. The third kappa shape index (κ3) is 3.79. The smallest absolute Gasteiger partial charge is 0.250 e. The highest BCUT2D eigenvalue weighted by atomic mass is 32.2. The van der Waals surface area contributed by atoms with Gasteiger partial charge in [0.15, 0.2) is 11.6 Å². The van der Waals surface area contributed by atoms with Gasteiger partial charge in [-0.3, -0.25) is 0 Å². The lowest BCUT2D eigenvalue weighted by atomic mass is 10.2. The molecule has 2 N–H and O–H groups in total. The summed E-state index contributed by atoms with van der Waals surface area (Å²) >= 11 is 1.07. The van der Waals surface area contributed by atoms with Gasteiger partial charge in [-0.15, -0.1) is 11.3 Å². The lowest BCUT2D eigenvalue weighted by Gasteiger charge is -2.10. The molecule has 0 saturated carbocycles. The van der Waals surface area contributed by atoms with E-state index in [-0.39, 0.29) is 22.9 Å². The maximum Gasteiger partial charge on any atom is 0.250 e. The van der Waals surface area contributed by atoms with Crippen LogP contribution in [0.1, 0.15) is 5.56 Å². The molecule has 0 aliphatic carbocycles. The van der Waals surface area contributed by atoms with Gasteiger partial charge in [0.05, 0.1) is 11.6 Å². The van der Waals surface area contributed by atoms with Crippen LogP contribution < -0.4 is 10.0 Å². The number of anilines is 1. The van der Waals surface area contributed by atoms with Gasteiger partial charge in [0, 0.05) is 13.1 Å². The fraction of sp³-hybridized carbons (Fsp3) is 0.154. The molecule has 22 heavy (non-hydrogen) atoms. The van der Waals surface area contributed by atoms with Crippen molar-refractivity contribution in [3.05, 3.63) is 46.8 Å². The van der Waals surface area contributed by atoms with Crippen LogP contribution in [0.4, 0.5) is 14.5 Å². The first-order valence-corrected chi connectivity index (χ1v) is 8.46. The molecule has 0 radical (unpaired) electrons. The quantitative estimate of drug-likeness (QED) is 0.789. The summed E-state index contributed by atoms with van der Waals surface area (Å²) in [5.41, 5.74) is -0.520. The molecule has 1 aromatic heterocycles. The zero-order chi connectivity index (χ0) is 16.2. The Morgan fingerprint density at radius 1 is 1.23 bits per heavy atom. The second kappa shape index (κ2) is 6.83. The molecule has 0 aliphatic heterocycles. The topological polar surface area (TPSA) is 82.0 Å². The van der Waals surface area contributed by atoms with E-state index in [4.69, 9.17) is 5.26 Å². The largest absolute Gasteiger partial charge is 0.379 e. The van der Waals surface area contributed by atoms with E-state index in [2.05, 4.69) is 10.0 Å². The van der Waals surface area contributed by atoms with Crippen LogP contribution in [0.25, 0.3) is 0 Å². The summed E-state index contributed by atoms with van der Waals surface area (Å²) in [6.07, 6.45) is 0. The van der Waals surface area contributed by atoms with Gasteiger partial charge in [0.2, 0.25) is 10.0 Å². The third-order valence-electron chi connectivity index (χ3n) is 2.65. The normalized spacial score (nSPS) is 11.1. The summed E-state index contributed by atoms with van der Waals surface area (Å²) in [6, 6.07) is 6.52. The van der Waals surface area contributed by atoms with Gasteiger partial charge >= 0.3 is 0 Å². The molecule has 0 aliphatic rings. The zero-order valence-corrected chi connectivity index (χ0v) is 12.8. The number of thiophene rings is 1. The van der Waals surface area contributed by atoms with Gasteiger partial charge in [0.1, 0.15) is 9.90 Å². The van der Waals surface area contributed by atoms with Crippen LogP contribution in [-0.4, -0.2) is 21.5 Å². The van der Waals surface area contributed by atoms with Crippen LogP contribution in [-0.2, 0) is 10.0 Å². The van der Waals surface area contributed by atoms with Crippen LogP contribution >= 0.6 is 11.3 Å². The SMILES string of the molecule is N#Cc1cc(F)c(NCCNS(=O)(=O)c2cccs2)c(F)c1. The molecule has 116 valence electrons. The summed E-state index contributed by atoms with van der Waals surface area (Å²) in [5.74, 6) is -1.81. The number of halogens is 2. The molecule has 0 saturated heterocycles. The molecule has 2 aromatic rings. The molecule has 2 rings (SSSR count). The van der Waals surface area contributed by atoms with Crippen molar-refractivity contribution in [1.29, 1.82) is 5.26 Å². The predicted molar refractivity (Wildman–Crippen MR) is 79.1 cm³/mol. The molecule has 5 nitrogen and oxygen atoms in total. The number of nitriles is 1. The highest BCUT2D eigenvalue weighted by Gasteiger charge is 2.15. The van der Waals surface area contributed by atoms with Crippen molar-refractivity contribution in [2.24, 2.45) is 0 Å². The van der Waals surface area contributed by atoms with E-state index in [1.54, 1.807) is 17.5 Å². The fourth-order valence-electron chi connectivity index (χ4n) is 1.67. The Hall–Kier alpha value is -2.02. The van der Waals surface area contributed by atoms with Crippen molar-refractivity contribution in [2.45, 2.75) is 4.21 Å². The van der Waals surface area contributed by atoms with Crippen molar-refractivity contribution >= 4 is 27.0 Å². The number of nitrogens with one attached hydrogen (secondary N) is 2. The van der Waals surface area contributed by atoms with E-state index in [0.717, 1.165) is 23.5 Å². The van der Waals surface area contributed by atoms with Gasteiger partial charge in [0.25, 0.3) is 0 Å². The van der Waals surface area contributed by atoms with Crippen molar-refractivity contribution < 1.29 is 17.2 Å². The van der Waals surface area contributed by atoms with Gasteiger partial charge in [-0.05, 0) is 23.6 Å². The summed E-state index contributed by atoms with van der Waals surface area (Å²) in [6.45, 7) is -0.0521. The second-order valence-corrected chi connectivity index (χ2v) is 7.12. The molecule has 0 amide bonds. The van der Waals surface area contributed by atoms with Crippen molar-refractivity contribution in [3.63, 3.8) is 0 Å². The summed E-state index contributed by atoms with van der Waals surface area (Å²) < 4.78 is 53.3. The predicted octanol–water partition coefficient (Wildman–Crippen LogP) is 2.29. The maximum atomic E-state index is 13.6. The van der Waals surface area contributed by atoms with Crippen molar-refractivity contribution in [1.82, 2.24) is 4.72 Å². The molecule has 0 fully saturated rings. The zero-order valence-electron chi connectivity index (χ0n) is 11.1. The Balaban J connectivity index is 1.94.